The maximum absolute atomic E-state index is 12.2. The van der Waals surface area contributed by atoms with Gasteiger partial charge in [0.1, 0.15) is 0 Å². The average molecular weight is 294 g/mol. The van der Waals surface area contributed by atoms with Gasteiger partial charge in [0.2, 0.25) is 0 Å². The van der Waals surface area contributed by atoms with Crippen molar-refractivity contribution in [1.82, 2.24) is 0 Å². The minimum absolute atomic E-state index is 0.167. The van der Waals surface area contributed by atoms with Crippen molar-refractivity contribution in [2.75, 3.05) is 0 Å². The Morgan fingerprint density at radius 1 is 1.05 bits per heavy atom. The molecule has 0 bridgehead atoms. The minimum atomic E-state index is -1.07. The van der Waals surface area contributed by atoms with E-state index in [1.165, 1.54) is 0 Å². The molecule has 0 aliphatic heterocycles. The van der Waals surface area contributed by atoms with Crippen molar-refractivity contribution >= 4 is 11.8 Å². The molecule has 3 N–H and O–H groups in total. The van der Waals surface area contributed by atoms with Crippen LogP contribution < -0.4 is 5.73 Å². The van der Waals surface area contributed by atoms with Crippen LogP contribution in [0, 0.1) is 6.42 Å². The van der Waals surface area contributed by atoms with E-state index >= 15 is 0 Å². The molecule has 1 aliphatic rings. The zero-order chi connectivity index (χ0) is 15.7. The summed E-state index contributed by atoms with van der Waals surface area (Å²) < 4.78 is 0. The van der Waals surface area contributed by atoms with Gasteiger partial charge >= 0.3 is 5.97 Å². The second-order valence-corrected chi connectivity index (χ2v) is 5.43. The highest BCUT2D eigenvalue weighted by Gasteiger charge is 2.31. The van der Waals surface area contributed by atoms with E-state index in [1.54, 1.807) is 6.42 Å². The molecule has 0 aromatic heterocycles. The van der Waals surface area contributed by atoms with Crippen LogP contribution in [0.5, 0.6) is 0 Å². The van der Waals surface area contributed by atoms with Crippen LogP contribution >= 0.6 is 0 Å². The number of carboxylic acid groups (broad SMARTS) is 1. The standard InChI is InChI=1S/C18H16NO3/c19-16(10-18(21)22)17(20)9-15-13-7-3-1-5-11(13)12-6-2-4-8-14(12)15/h1-9,15-16H,10,19H2,(H,21,22)/t16-/m0/s1. The van der Waals surface area contributed by atoms with Crippen LogP contribution in [0.1, 0.15) is 23.5 Å². The predicted octanol–water partition coefficient (Wildman–Crippen LogP) is 2.37. The fourth-order valence-corrected chi connectivity index (χ4v) is 2.95. The Bertz CT molecular complexity index is 693. The summed E-state index contributed by atoms with van der Waals surface area (Å²) in [7, 11) is 0. The van der Waals surface area contributed by atoms with E-state index in [1.807, 2.05) is 48.5 Å². The summed E-state index contributed by atoms with van der Waals surface area (Å²) in [5.74, 6) is -1.57. The number of ketones is 1. The molecule has 111 valence electrons. The van der Waals surface area contributed by atoms with Gasteiger partial charge in [0.05, 0.1) is 12.5 Å². The number of hydrogen-bond acceptors (Lipinski definition) is 3. The molecule has 0 amide bonds. The van der Waals surface area contributed by atoms with Crippen LogP contribution in [0.25, 0.3) is 11.1 Å². The highest BCUT2D eigenvalue weighted by molar-refractivity contribution is 5.97. The molecule has 0 saturated carbocycles. The first-order valence-corrected chi connectivity index (χ1v) is 7.12. The number of carboxylic acids is 1. The second kappa shape index (κ2) is 5.73. The van der Waals surface area contributed by atoms with Gasteiger partial charge in [-0.2, -0.15) is 0 Å². The summed E-state index contributed by atoms with van der Waals surface area (Å²) in [5.41, 5.74) is 10.0. The van der Waals surface area contributed by atoms with E-state index < -0.39 is 12.0 Å². The summed E-state index contributed by atoms with van der Waals surface area (Å²) >= 11 is 0. The molecule has 2 aromatic rings. The maximum Gasteiger partial charge on any atom is 0.305 e. The first-order chi connectivity index (χ1) is 10.6. The molecular formula is C18H16NO3. The molecule has 22 heavy (non-hydrogen) atoms. The zero-order valence-electron chi connectivity index (χ0n) is 11.9. The minimum Gasteiger partial charge on any atom is -0.481 e. The van der Waals surface area contributed by atoms with Gasteiger partial charge in [0.15, 0.2) is 5.78 Å². The zero-order valence-corrected chi connectivity index (χ0v) is 11.9. The first kappa shape index (κ1) is 14.5. The van der Waals surface area contributed by atoms with E-state index in [0.29, 0.717) is 0 Å². The number of carbonyl (C=O) groups is 2. The number of hydrogen-bond donors (Lipinski definition) is 2. The molecule has 4 heteroatoms. The van der Waals surface area contributed by atoms with Gasteiger partial charge in [-0.25, -0.2) is 0 Å². The van der Waals surface area contributed by atoms with Crippen molar-refractivity contribution < 1.29 is 14.7 Å². The smallest absolute Gasteiger partial charge is 0.305 e. The summed E-state index contributed by atoms with van der Waals surface area (Å²) in [6.45, 7) is 0. The lowest BCUT2D eigenvalue weighted by Gasteiger charge is -2.15. The van der Waals surface area contributed by atoms with Crippen LogP contribution in [0.4, 0.5) is 0 Å². The van der Waals surface area contributed by atoms with Crippen molar-refractivity contribution in [2.24, 2.45) is 5.73 Å². The molecule has 0 fully saturated rings. The highest BCUT2D eigenvalue weighted by Crippen LogP contribution is 2.45. The maximum atomic E-state index is 12.2. The van der Waals surface area contributed by atoms with Crippen LogP contribution in [-0.2, 0) is 9.59 Å². The molecular weight excluding hydrogens is 278 g/mol. The molecule has 2 aromatic carbocycles. The quantitative estimate of drug-likeness (QED) is 0.887. The van der Waals surface area contributed by atoms with Crippen LogP contribution in [-0.4, -0.2) is 22.9 Å². The third-order valence-corrected chi connectivity index (χ3v) is 3.97. The summed E-state index contributed by atoms with van der Waals surface area (Å²) in [6.07, 6.45) is 1.20. The van der Waals surface area contributed by atoms with E-state index in [4.69, 9.17) is 10.8 Å². The number of Topliss-reactive ketones (excluding diaryl/α,β-unsaturated/α-hetero) is 1. The number of benzene rings is 2. The fraction of sp³-hybridized carbons (Fsp3) is 0.167. The Kier molecular flexibility index (Phi) is 3.77. The number of aliphatic carboxylic acids is 1. The van der Waals surface area contributed by atoms with Gasteiger partial charge in [-0.05, 0) is 22.3 Å². The number of carbonyl (C=O) groups excluding carboxylic acids is 1. The molecule has 4 nitrogen and oxygen atoms in total. The molecule has 1 radical (unpaired) electrons. The lowest BCUT2D eigenvalue weighted by molar-refractivity contribution is -0.138. The third-order valence-electron chi connectivity index (χ3n) is 3.97. The van der Waals surface area contributed by atoms with Crippen LogP contribution in [0.2, 0.25) is 0 Å². The predicted molar refractivity (Wildman–Crippen MR) is 83.3 cm³/mol. The second-order valence-electron chi connectivity index (χ2n) is 5.43. The summed E-state index contributed by atoms with van der Waals surface area (Å²) in [5, 5.41) is 8.76. The third kappa shape index (κ3) is 2.53. The fourth-order valence-electron chi connectivity index (χ4n) is 2.95. The molecule has 1 atom stereocenters. The Hall–Kier alpha value is -2.46. The van der Waals surface area contributed by atoms with Crippen molar-refractivity contribution in [1.29, 1.82) is 0 Å². The molecule has 0 spiro atoms. The van der Waals surface area contributed by atoms with Gasteiger partial charge in [-0.15, -0.1) is 0 Å². The average Bonchev–Trinajstić information content (AvgIpc) is 2.81. The lowest BCUT2D eigenvalue weighted by Crippen LogP contribution is -2.34. The Labute approximate surface area is 128 Å². The van der Waals surface area contributed by atoms with Crippen LogP contribution in [0.15, 0.2) is 48.5 Å². The van der Waals surface area contributed by atoms with Crippen molar-refractivity contribution in [2.45, 2.75) is 18.4 Å². The van der Waals surface area contributed by atoms with E-state index in [9.17, 15) is 9.59 Å². The first-order valence-electron chi connectivity index (χ1n) is 7.12. The number of fused-ring (bicyclic) bond motifs is 3. The summed E-state index contributed by atoms with van der Waals surface area (Å²) in [6, 6.07) is 14.9. The van der Waals surface area contributed by atoms with Crippen molar-refractivity contribution in [3.8, 4) is 11.1 Å². The van der Waals surface area contributed by atoms with Crippen molar-refractivity contribution in [3.05, 3.63) is 66.1 Å². The van der Waals surface area contributed by atoms with Gasteiger partial charge in [0.25, 0.3) is 0 Å². The monoisotopic (exact) mass is 294 g/mol. The highest BCUT2D eigenvalue weighted by atomic mass is 16.4. The van der Waals surface area contributed by atoms with Gasteiger partial charge in [-0.1, -0.05) is 48.5 Å². The molecule has 0 saturated heterocycles. The Morgan fingerprint density at radius 3 is 2.05 bits per heavy atom. The Balaban J connectivity index is 1.91. The molecule has 0 unspecified atom stereocenters. The van der Waals surface area contributed by atoms with Gasteiger partial charge in [-0.3, -0.25) is 9.59 Å². The topological polar surface area (TPSA) is 80.4 Å². The van der Waals surface area contributed by atoms with Crippen LogP contribution in [0.3, 0.4) is 0 Å². The van der Waals surface area contributed by atoms with E-state index in [-0.39, 0.29) is 18.1 Å². The Morgan fingerprint density at radius 2 is 1.55 bits per heavy atom. The normalized spacial score (nSPS) is 14.2. The molecule has 1 aliphatic carbocycles. The molecule has 3 rings (SSSR count). The van der Waals surface area contributed by atoms with E-state index in [0.717, 1.165) is 22.3 Å². The number of rotatable bonds is 5. The number of nitrogens with two attached hydrogens (primary N) is 1. The SMILES string of the molecule is N[C@@H](CC(=O)O)C(=O)[CH]C1c2ccccc2-c2ccccc21. The lowest BCUT2D eigenvalue weighted by atomic mass is 9.89. The molecule has 0 heterocycles. The largest absolute Gasteiger partial charge is 0.481 e. The van der Waals surface area contributed by atoms with Crippen molar-refractivity contribution in [3.63, 3.8) is 0 Å². The summed E-state index contributed by atoms with van der Waals surface area (Å²) in [4.78, 5) is 22.9. The van der Waals surface area contributed by atoms with E-state index in [2.05, 4.69) is 0 Å². The van der Waals surface area contributed by atoms with Gasteiger partial charge < -0.3 is 10.8 Å². The van der Waals surface area contributed by atoms with Gasteiger partial charge in [0, 0.05) is 12.3 Å².